The predicted molar refractivity (Wildman–Crippen MR) is 65.3 cm³/mol. The standard InChI is InChI=1S/C14H23N/c1-2-3-4-5-9-13-11-12-8-6-7-10-14(12)15-13/h11,15H,2-10H2,1H3. The van der Waals surface area contributed by atoms with E-state index in [-0.39, 0.29) is 0 Å². The van der Waals surface area contributed by atoms with Crippen LogP contribution in [-0.2, 0) is 19.3 Å². The summed E-state index contributed by atoms with van der Waals surface area (Å²) < 4.78 is 0. The molecule has 0 atom stereocenters. The molecule has 1 aliphatic rings. The normalized spacial score (nSPS) is 15.3. The molecule has 0 saturated heterocycles. The first-order valence-corrected chi connectivity index (χ1v) is 6.60. The van der Waals surface area contributed by atoms with Gasteiger partial charge in [0.1, 0.15) is 0 Å². The van der Waals surface area contributed by atoms with E-state index in [9.17, 15) is 0 Å². The number of nitrogens with one attached hydrogen (secondary N) is 1. The van der Waals surface area contributed by atoms with Crippen molar-refractivity contribution in [3.63, 3.8) is 0 Å². The third kappa shape index (κ3) is 2.87. The Bertz CT molecular complexity index is 275. The van der Waals surface area contributed by atoms with Crippen LogP contribution < -0.4 is 0 Å². The highest BCUT2D eigenvalue weighted by Gasteiger charge is 2.11. The maximum Gasteiger partial charge on any atom is 0.0181 e. The van der Waals surface area contributed by atoms with Crippen molar-refractivity contribution < 1.29 is 0 Å². The lowest BCUT2D eigenvalue weighted by molar-refractivity contribution is 0.658. The monoisotopic (exact) mass is 205 g/mol. The molecule has 1 heterocycles. The first kappa shape index (κ1) is 10.8. The van der Waals surface area contributed by atoms with Gasteiger partial charge < -0.3 is 4.98 Å². The summed E-state index contributed by atoms with van der Waals surface area (Å²) in [6.07, 6.45) is 12.1. The smallest absolute Gasteiger partial charge is 0.0181 e. The molecule has 0 spiro atoms. The van der Waals surface area contributed by atoms with Gasteiger partial charge in [-0.1, -0.05) is 26.2 Å². The second-order valence-corrected chi connectivity index (χ2v) is 4.82. The molecule has 84 valence electrons. The number of hydrogen-bond donors (Lipinski definition) is 1. The third-order valence-electron chi connectivity index (χ3n) is 3.47. The van der Waals surface area contributed by atoms with Gasteiger partial charge in [0.15, 0.2) is 0 Å². The topological polar surface area (TPSA) is 15.8 Å². The minimum absolute atomic E-state index is 1.26. The summed E-state index contributed by atoms with van der Waals surface area (Å²) >= 11 is 0. The van der Waals surface area contributed by atoms with E-state index in [0.717, 1.165) is 0 Å². The summed E-state index contributed by atoms with van der Waals surface area (Å²) in [7, 11) is 0. The molecule has 15 heavy (non-hydrogen) atoms. The second-order valence-electron chi connectivity index (χ2n) is 4.82. The Morgan fingerprint density at radius 1 is 1.13 bits per heavy atom. The first-order valence-electron chi connectivity index (χ1n) is 6.60. The summed E-state index contributed by atoms with van der Waals surface area (Å²) in [4.78, 5) is 3.61. The van der Waals surface area contributed by atoms with E-state index in [0.29, 0.717) is 0 Å². The minimum Gasteiger partial charge on any atom is -0.362 e. The molecule has 1 aliphatic carbocycles. The van der Waals surface area contributed by atoms with Crippen LogP contribution in [0.2, 0.25) is 0 Å². The quantitative estimate of drug-likeness (QED) is 0.699. The molecular formula is C14H23N. The Labute approximate surface area is 93.3 Å². The van der Waals surface area contributed by atoms with Crippen molar-refractivity contribution in [2.45, 2.75) is 64.7 Å². The van der Waals surface area contributed by atoms with Crippen LogP contribution >= 0.6 is 0 Å². The van der Waals surface area contributed by atoms with Crippen molar-refractivity contribution >= 4 is 0 Å². The SMILES string of the molecule is CCCCCCc1cc2c([nH]1)CCCC2. The Morgan fingerprint density at radius 2 is 2.00 bits per heavy atom. The summed E-state index contributed by atoms with van der Waals surface area (Å²) in [5, 5.41) is 0. The van der Waals surface area contributed by atoms with Crippen molar-refractivity contribution in [3.8, 4) is 0 Å². The van der Waals surface area contributed by atoms with Gasteiger partial charge in [0.05, 0.1) is 0 Å². The highest BCUT2D eigenvalue weighted by molar-refractivity contribution is 5.28. The highest BCUT2D eigenvalue weighted by atomic mass is 14.7. The van der Waals surface area contributed by atoms with Gasteiger partial charge in [-0.25, -0.2) is 0 Å². The van der Waals surface area contributed by atoms with E-state index in [1.165, 1.54) is 69.2 Å². The number of unbranched alkanes of at least 4 members (excludes halogenated alkanes) is 3. The fraction of sp³-hybridized carbons (Fsp3) is 0.714. The van der Waals surface area contributed by atoms with Gasteiger partial charge in [-0.3, -0.25) is 0 Å². The highest BCUT2D eigenvalue weighted by Crippen LogP contribution is 2.22. The lowest BCUT2D eigenvalue weighted by Crippen LogP contribution is -1.99. The number of rotatable bonds is 5. The molecule has 1 N–H and O–H groups in total. The lowest BCUT2D eigenvalue weighted by atomic mass is 9.98. The van der Waals surface area contributed by atoms with Gasteiger partial charge in [0, 0.05) is 11.4 Å². The van der Waals surface area contributed by atoms with Crippen LogP contribution in [-0.4, -0.2) is 4.98 Å². The molecule has 0 unspecified atom stereocenters. The van der Waals surface area contributed by atoms with Gasteiger partial charge in [-0.15, -0.1) is 0 Å². The molecular weight excluding hydrogens is 182 g/mol. The zero-order chi connectivity index (χ0) is 10.5. The van der Waals surface area contributed by atoms with E-state index in [1.807, 2.05) is 0 Å². The Kier molecular flexibility index (Phi) is 3.87. The number of aromatic nitrogens is 1. The zero-order valence-electron chi connectivity index (χ0n) is 9.94. The van der Waals surface area contributed by atoms with Crippen molar-refractivity contribution in [2.75, 3.05) is 0 Å². The summed E-state index contributed by atoms with van der Waals surface area (Å²) in [5.41, 5.74) is 4.62. The van der Waals surface area contributed by atoms with E-state index >= 15 is 0 Å². The molecule has 0 bridgehead atoms. The van der Waals surface area contributed by atoms with E-state index in [2.05, 4.69) is 18.0 Å². The molecule has 0 saturated carbocycles. The van der Waals surface area contributed by atoms with Crippen LogP contribution in [0, 0.1) is 0 Å². The largest absolute Gasteiger partial charge is 0.362 e. The van der Waals surface area contributed by atoms with Gasteiger partial charge in [-0.2, -0.15) is 0 Å². The van der Waals surface area contributed by atoms with E-state index in [4.69, 9.17) is 0 Å². The fourth-order valence-corrected chi connectivity index (χ4v) is 2.55. The van der Waals surface area contributed by atoms with Crippen LogP contribution in [0.1, 0.15) is 62.4 Å². The fourth-order valence-electron chi connectivity index (χ4n) is 2.55. The average molecular weight is 205 g/mol. The Balaban J connectivity index is 1.84. The molecule has 0 aromatic carbocycles. The molecule has 1 aromatic heterocycles. The van der Waals surface area contributed by atoms with Gasteiger partial charge in [-0.05, 0) is 50.2 Å². The lowest BCUT2D eigenvalue weighted by Gasteiger charge is -2.09. The predicted octanol–water partition coefficient (Wildman–Crippen LogP) is 4.02. The minimum atomic E-state index is 1.26. The molecule has 0 fully saturated rings. The summed E-state index contributed by atoms with van der Waals surface area (Å²) in [6, 6.07) is 2.42. The summed E-state index contributed by atoms with van der Waals surface area (Å²) in [5.74, 6) is 0. The van der Waals surface area contributed by atoms with Crippen LogP contribution in [0.15, 0.2) is 6.07 Å². The van der Waals surface area contributed by atoms with Crippen LogP contribution in [0.4, 0.5) is 0 Å². The number of H-pyrrole nitrogens is 1. The second kappa shape index (κ2) is 5.39. The van der Waals surface area contributed by atoms with Crippen molar-refractivity contribution in [1.29, 1.82) is 0 Å². The van der Waals surface area contributed by atoms with E-state index in [1.54, 1.807) is 5.56 Å². The molecule has 1 nitrogen and oxygen atoms in total. The number of aryl methyl sites for hydroxylation is 3. The molecule has 1 heteroatoms. The maximum absolute atomic E-state index is 3.61. The Hall–Kier alpha value is -0.720. The zero-order valence-corrected chi connectivity index (χ0v) is 9.94. The van der Waals surface area contributed by atoms with E-state index < -0.39 is 0 Å². The molecule has 0 aliphatic heterocycles. The van der Waals surface area contributed by atoms with Crippen molar-refractivity contribution in [3.05, 3.63) is 23.0 Å². The van der Waals surface area contributed by atoms with Gasteiger partial charge in [0.2, 0.25) is 0 Å². The Morgan fingerprint density at radius 3 is 2.80 bits per heavy atom. The number of hydrogen-bond acceptors (Lipinski definition) is 0. The van der Waals surface area contributed by atoms with Crippen LogP contribution in [0.3, 0.4) is 0 Å². The molecule has 2 rings (SSSR count). The van der Waals surface area contributed by atoms with Gasteiger partial charge >= 0.3 is 0 Å². The number of aromatic amines is 1. The summed E-state index contributed by atoms with van der Waals surface area (Å²) in [6.45, 7) is 2.27. The average Bonchev–Trinajstić information content (AvgIpc) is 2.67. The van der Waals surface area contributed by atoms with Crippen LogP contribution in [0.5, 0.6) is 0 Å². The number of fused-ring (bicyclic) bond motifs is 1. The first-order chi connectivity index (χ1) is 7.40. The van der Waals surface area contributed by atoms with Crippen LogP contribution in [0.25, 0.3) is 0 Å². The van der Waals surface area contributed by atoms with Gasteiger partial charge in [0.25, 0.3) is 0 Å². The van der Waals surface area contributed by atoms with Crippen molar-refractivity contribution in [1.82, 2.24) is 4.98 Å². The molecule has 1 aromatic rings. The third-order valence-corrected chi connectivity index (χ3v) is 3.47. The van der Waals surface area contributed by atoms with Crippen molar-refractivity contribution in [2.24, 2.45) is 0 Å². The molecule has 0 radical (unpaired) electrons. The molecule has 0 amide bonds. The maximum atomic E-state index is 3.61.